The molecule has 4 rings (SSSR count). The van der Waals surface area contributed by atoms with Crippen LogP contribution in [0.2, 0.25) is 0 Å². The van der Waals surface area contributed by atoms with Crippen molar-refractivity contribution in [2.45, 2.75) is 40.2 Å². The number of nitrogens with zero attached hydrogens (tertiary/aromatic N) is 3. The van der Waals surface area contributed by atoms with Gasteiger partial charge in [0.1, 0.15) is 0 Å². The number of amides is 1. The van der Waals surface area contributed by atoms with Gasteiger partial charge in [-0.15, -0.1) is 0 Å². The Bertz CT molecular complexity index is 1010. The van der Waals surface area contributed by atoms with Crippen molar-refractivity contribution in [3.63, 3.8) is 0 Å². The molecule has 0 bridgehead atoms. The summed E-state index contributed by atoms with van der Waals surface area (Å²) in [5, 5.41) is 7.28. The summed E-state index contributed by atoms with van der Waals surface area (Å²) in [6.45, 7) is 8.39. The van der Waals surface area contributed by atoms with E-state index in [1.54, 1.807) is 0 Å². The topological polar surface area (TPSA) is 71.3 Å². The Kier molecular flexibility index (Phi) is 5.95. The van der Waals surface area contributed by atoms with Gasteiger partial charge in [0.05, 0.1) is 6.54 Å². The van der Waals surface area contributed by atoms with E-state index in [0.717, 1.165) is 53.9 Å². The summed E-state index contributed by atoms with van der Waals surface area (Å²) in [7, 11) is 0. The van der Waals surface area contributed by atoms with Crippen LogP contribution in [0, 0.1) is 26.7 Å². The molecule has 1 aliphatic heterocycles. The smallest absolute Gasteiger partial charge is 0.241 e. The van der Waals surface area contributed by atoms with Crippen LogP contribution in [0.4, 0.5) is 5.69 Å². The first-order valence-electron chi connectivity index (χ1n) is 10.5. The molecular weight excluding hydrogens is 376 g/mol. The third-order valence-corrected chi connectivity index (χ3v) is 5.90. The third-order valence-electron chi connectivity index (χ3n) is 5.90. The number of carbonyl (C=O) groups is 1. The van der Waals surface area contributed by atoms with Crippen LogP contribution in [0.25, 0.3) is 11.4 Å². The Labute approximate surface area is 177 Å². The third kappa shape index (κ3) is 4.44. The molecule has 0 aliphatic carbocycles. The predicted octanol–water partition coefficient (Wildman–Crippen LogP) is 4.51. The molecule has 156 valence electrons. The van der Waals surface area contributed by atoms with Crippen molar-refractivity contribution in [1.29, 1.82) is 0 Å². The number of aromatic nitrogens is 2. The molecule has 1 saturated heterocycles. The SMILES string of the molecule is Cc1ccccc1-c1noc(CN2CCC(C(=O)Nc3c(C)cccc3C)CC2)n1. The van der Waals surface area contributed by atoms with Crippen LogP contribution in [0.5, 0.6) is 0 Å². The number of carbonyl (C=O) groups excluding carboxylic acids is 1. The lowest BCUT2D eigenvalue weighted by molar-refractivity contribution is -0.121. The lowest BCUT2D eigenvalue weighted by Gasteiger charge is -2.30. The van der Waals surface area contributed by atoms with Crippen molar-refractivity contribution in [3.05, 3.63) is 65.0 Å². The molecule has 1 aromatic heterocycles. The normalized spacial score (nSPS) is 15.3. The van der Waals surface area contributed by atoms with Crippen molar-refractivity contribution < 1.29 is 9.32 Å². The van der Waals surface area contributed by atoms with Crippen LogP contribution in [-0.2, 0) is 11.3 Å². The van der Waals surface area contributed by atoms with E-state index >= 15 is 0 Å². The van der Waals surface area contributed by atoms with Gasteiger partial charge < -0.3 is 9.84 Å². The van der Waals surface area contributed by atoms with E-state index in [4.69, 9.17) is 4.52 Å². The fourth-order valence-electron chi connectivity index (χ4n) is 4.03. The number of anilines is 1. The molecule has 1 N–H and O–H groups in total. The Balaban J connectivity index is 1.32. The quantitative estimate of drug-likeness (QED) is 0.677. The largest absolute Gasteiger partial charge is 0.338 e. The monoisotopic (exact) mass is 404 g/mol. The van der Waals surface area contributed by atoms with Gasteiger partial charge in [-0.2, -0.15) is 4.98 Å². The van der Waals surface area contributed by atoms with Gasteiger partial charge in [-0.3, -0.25) is 9.69 Å². The molecule has 0 atom stereocenters. The number of hydrogen-bond acceptors (Lipinski definition) is 5. The highest BCUT2D eigenvalue weighted by molar-refractivity contribution is 5.94. The number of hydrogen-bond donors (Lipinski definition) is 1. The summed E-state index contributed by atoms with van der Waals surface area (Å²) in [5.41, 5.74) is 5.26. The first-order valence-corrected chi connectivity index (χ1v) is 10.5. The van der Waals surface area contributed by atoms with Gasteiger partial charge in [0, 0.05) is 17.2 Å². The molecule has 0 spiro atoms. The van der Waals surface area contributed by atoms with E-state index in [1.165, 1.54) is 0 Å². The van der Waals surface area contributed by atoms with E-state index in [-0.39, 0.29) is 11.8 Å². The maximum atomic E-state index is 12.8. The highest BCUT2D eigenvalue weighted by Gasteiger charge is 2.26. The minimum atomic E-state index is 0.0328. The van der Waals surface area contributed by atoms with Gasteiger partial charge in [-0.05, 0) is 63.4 Å². The molecule has 1 aliphatic rings. The summed E-state index contributed by atoms with van der Waals surface area (Å²) < 4.78 is 5.47. The Morgan fingerprint density at radius 1 is 1.03 bits per heavy atom. The molecule has 6 nitrogen and oxygen atoms in total. The number of aryl methyl sites for hydroxylation is 3. The minimum absolute atomic E-state index is 0.0328. The summed E-state index contributed by atoms with van der Waals surface area (Å²) in [4.78, 5) is 19.6. The molecule has 1 amide bonds. The second-order valence-electron chi connectivity index (χ2n) is 8.13. The number of piperidine rings is 1. The van der Waals surface area contributed by atoms with E-state index in [0.29, 0.717) is 18.3 Å². The number of benzene rings is 2. The van der Waals surface area contributed by atoms with Crippen LogP contribution in [0.15, 0.2) is 47.0 Å². The van der Waals surface area contributed by atoms with Crippen molar-refractivity contribution in [2.24, 2.45) is 5.92 Å². The summed E-state index contributed by atoms with van der Waals surface area (Å²) in [6, 6.07) is 14.1. The van der Waals surface area contributed by atoms with Gasteiger partial charge in [-0.25, -0.2) is 0 Å². The van der Waals surface area contributed by atoms with E-state index in [9.17, 15) is 4.79 Å². The molecule has 6 heteroatoms. The molecule has 0 unspecified atom stereocenters. The van der Waals surface area contributed by atoms with Gasteiger partial charge in [0.25, 0.3) is 0 Å². The number of rotatable bonds is 5. The van der Waals surface area contributed by atoms with Crippen molar-refractivity contribution in [2.75, 3.05) is 18.4 Å². The summed E-state index contributed by atoms with van der Waals surface area (Å²) >= 11 is 0. The number of para-hydroxylation sites is 1. The van der Waals surface area contributed by atoms with Gasteiger partial charge in [-0.1, -0.05) is 47.6 Å². The summed E-state index contributed by atoms with van der Waals surface area (Å²) in [5.74, 6) is 1.40. The predicted molar refractivity (Wildman–Crippen MR) is 117 cm³/mol. The molecular formula is C24H28N4O2. The zero-order valence-electron chi connectivity index (χ0n) is 17.8. The first-order chi connectivity index (χ1) is 14.5. The molecule has 2 aromatic carbocycles. The van der Waals surface area contributed by atoms with Crippen molar-refractivity contribution in [1.82, 2.24) is 15.0 Å². The van der Waals surface area contributed by atoms with Crippen molar-refractivity contribution in [3.8, 4) is 11.4 Å². The first kappa shape index (κ1) is 20.3. The fourth-order valence-corrected chi connectivity index (χ4v) is 4.03. The van der Waals surface area contributed by atoms with Crippen LogP contribution in [0.3, 0.4) is 0 Å². The van der Waals surface area contributed by atoms with Gasteiger partial charge >= 0.3 is 0 Å². The van der Waals surface area contributed by atoms with Crippen LogP contribution < -0.4 is 5.32 Å². The molecule has 3 aromatic rings. The molecule has 0 saturated carbocycles. The second kappa shape index (κ2) is 8.79. The van der Waals surface area contributed by atoms with Crippen LogP contribution in [0.1, 0.15) is 35.4 Å². The highest BCUT2D eigenvalue weighted by atomic mass is 16.5. The standard InChI is InChI=1S/C24H28N4O2/c1-16-7-4-5-10-20(16)23-25-21(30-27-23)15-28-13-11-19(12-14-28)24(29)26-22-17(2)8-6-9-18(22)3/h4-10,19H,11-15H2,1-3H3,(H,26,29). The second-order valence-corrected chi connectivity index (χ2v) is 8.13. The highest BCUT2D eigenvalue weighted by Crippen LogP contribution is 2.25. The lowest BCUT2D eigenvalue weighted by atomic mass is 9.95. The number of likely N-dealkylation sites (tertiary alicyclic amines) is 1. The fraction of sp³-hybridized carbons (Fsp3) is 0.375. The van der Waals surface area contributed by atoms with Crippen LogP contribution in [-0.4, -0.2) is 34.0 Å². The molecule has 30 heavy (non-hydrogen) atoms. The maximum absolute atomic E-state index is 12.8. The van der Waals surface area contributed by atoms with Crippen molar-refractivity contribution >= 4 is 11.6 Å². The van der Waals surface area contributed by atoms with Gasteiger partial charge in [0.2, 0.25) is 17.6 Å². The Morgan fingerprint density at radius 2 is 1.70 bits per heavy atom. The molecule has 2 heterocycles. The average molecular weight is 405 g/mol. The van der Waals surface area contributed by atoms with Gasteiger partial charge in [0.15, 0.2) is 0 Å². The molecule has 0 radical (unpaired) electrons. The van der Waals surface area contributed by atoms with E-state index in [1.807, 2.05) is 63.2 Å². The minimum Gasteiger partial charge on any atom is -0.338 e. The summed E-state index contributed by atoms with van der Waals surface area (Å²) in [6.07, 6.45) is 1.66. The molecule has 1 fully saturated rings. The van der Waals surface area contributed by atoms with E-state index in [2.05, 4.69) is 20.4 Å². The zero-order chi connectivity index (χ0) is 21.1. The number of nitrogens with one attached hydrogen (secondary N) is 1. The maximum Gasteiger partial charge on any atom is 0.241 e. The van der Waals surface area contributed by atoms with E-state index < -0.39 is 0 Å². The zero-order valence-corrected chi connectivity index (χ0v) is 17.8. The Hall–Kier alpha value is -2.99. The lowest BCUT2D eigenvalue weighted by Crippen LogP contribution is -2.38. The average Bonchev–Trinajstić information content (AvgIpc) is 3.20. The van der Waals surface area contributed by atoms with Crippen LogP contribution >= 0.6 is 0 Å². The Morgan fingerprint density at radius 3 is 2.40 bits per heavy atom.